The third-order valence-electron chi connectivity index (χ3n) is 4.87. The van der Waals surface area contributed by atoms with E-state index in [1.54, 1.807) is 24.3 Å². The summed E-state index contributed by atoms with van der Waals surface area (Å²) in [7, 11) is 1.33. The minimum absolute atomic E-state index is 0.149. The van der Waals surface area contributed by atoms with Crippen LogP contribution in [0.15, 0.2) is 42.5 Å². The monoisotopic (exact) mass is 427 g/mol. The molecule has 2 aromatic rings. The zero-order valence-electron chi connectivity index (χ0n) is 17.1. The number of amides is 1. The Kier molecular flexibility index (Phi) is 7.37. The van der Waals surface area contributed by atoms with Gasteiger partial charge >= 0.3 is 5.97 Å². The number of esters is 1. The first-order valence-electron chi connectivity index (χ1n) is 9.78. The summed E-state index contributed by atoms with van der Waals surface area (Å²) < 4.78 is 10.2. The van der Waals surface area contributed by atoms with Crippen molar-refractivity contribution in [3.05, 3.63) is 59.2 Å². The molecule has 2 N–H and O–H groups in total. The number of carbonyl (C=O) groups is 2. The average Bonchev–Trinajstić information content (AvgIpc) is 2.79. The van der Waals surface area contributed by atoms with Crippen molar-refractivity contribution >= 4 is 40.6 Å². The molecule has 0 aromatic heterocycles. The second-order valence-electron chi connectivity index (χ2n) is 6.78. The van der Waals surface area contributed by atoms with Crippen molar-refractivity contribution in [2.75, 3.05) is 43.6 Å². The Morgan fingerprint density at radius 3 is 2.40 bits per heavy atom. The number of hydrogen-bond acceptors (Lipinski definition) is 6. The van der Waals surface area contributed by atoms with Crippen molar-refractivity contribution < 1.29 is 19.1 Å². The Labute approximate surface area is 181 Å². The highest BCUT2D eigenvalue weighted by Crippen LogP contribution is 2.28. The Morgan fingerprint density at radius 2 is 1.77 bits per heavy atom. The summed E-state index contributed by atoms with van der Waals surface area (Å²) in [5.74, 6) is -0.746. The van der Waals surface area contributed by atoms with Crippen LogP contribution in [-0.4, -0.2) is 50.4 Å². The van der Waals surface area contributed by atoms with Crippen LogP contribution in [0.1, 0.15) is 33.2 Å². The van der Waals surface area contributed by atoms with Crippen molar-refractivity contribution in [1.82, 2.24) is 5.32 Å². The first-order chi connectivity index (χ1) is 14.5. The van der Waals surface area contributed by atoms with Crippen molar-refractivity contribution in [3.8, 4) is 0 Å². The van der Waals surface area contributed by atoms with Gasteiger partial charge in [-0.25, -0.2) is 4.79 Å². The molecule has 158 valence electrons. The first-order valence-corrected chi connectivity index (χ1v) is 10.2. The number of morpholine rings is 1. The molecule has 0 bridgehead atoms. The molecule has 1 fully saturated rings. The third-order valence-corrected chi connectivity index (χ3v) is 5.07. The fourth-order valence-corrected chi connectivity index (χ4v) is 3.38. The molecule has 1 amide bonds. The maximum absolute atomic E-state index is 12.5. The van der Waals surface area contributed by atoms with E-state index in [4.69, 9.17) is 21.7 Å². The number of aryl methyl sites for hydroxylation is 1. The van der Waals surface area contributed by atoms with Crippen molar-refractivity contribution in [2.45, 2.75) is 13.3 Å². The van der Waals surface area contributed by atoms with Crippen LogP contribution in [0.4, 0.5) is 11.4 Å². The number of thiocarbonyl (C=S) groups is 1. The van der Waals surface area contributed by atoms with Crippen LogP contribution in [0.3, 0.4) is 0 Å². The van der Waals surface area contributed by atoms with E-state index in [0.717, 1.165) is 30.8 Å². The van der Waals surface area contributed by atoms with Gasteiger partial charge in [0.15, 0.2) is 5.11 Å². The fourth-order valence-electron chi connectivity index (χ4n) is 3.18. The molecule has 0 unspecified atom stereocenters. The second kappa shape index (κ2) is 10.2. The van der Waals surface area contributed by atoms with E-state index < -0.39 is 5.97 Å². The van der Waals surface area contributed by atoms with Crippen LogP contribution in [-0.2, 0) is 15.9 Å². The number of anilines is 2. The van der Waals surface area contributed by atoms with E-state index >= 15 is 0 Å². The minimum atomic E-state index is -0.447. The summed E-state index contributed by atoms with van der Waals surface area (Å²) in [6, 6.07) is 12.6. The summed E-state index contributed by atoms with van der Waals surface area (Å²) in [5, 5.41) is 5.91. The summed E-state index contributed by atoms with van der Waals surface area (Å²) in [6.07, 6.45) is 0.905. The number of nitrogens with one attached hydrogen (secondary N) is 2. The van der Waals surface area contributed by atoms with E-state index in [2.05, 4.69) is 22.5 Å². The summed E-state index contributed by atoms with van der Waals surface area (Å²) >= 11 is 5.36. The summed E-state index contributed by atoms with van der Waals surface area (Å²) in [4.78, 5) is 26.6. The van der Waals surface area contributed by atoms with Gasteiger partial charge in [-0.1, -0.05) is 19.1 Å². The Bertz CT molecular complexity index is 924. The van der Waals surface area contributed by atoms with Crippen LogP contribution in [0.5, 0.6) is 0 Å². The van der Waals surface area contributed by atoms with Gasteiger partial charge < -0.3 is 19.7 Å². The zero-order chi connectivity index (χ0) is 21.5. The van der Waals surface area contributed by atoms with Crippen LogP contribution < -0.4 is 15.5 Å². The van der Waals surface area contributed by atoms with Gasteiger partial charge in [0.25, 0.3) is 5.91 Å². The highest BCUT2D eigenvalue weighted by molar-refractivity contribution is 7.80. The summed E-state index contributed by atoms with van der Waals surface area (Å²) in [6.45, 7) is 4.73. The molecule has 1 saturated heterocycles. The molecule has 2 aromatic carbocycles. The van der Waals surface area contributed by atoms with E-state index in [9.17, 15) is 9.59 Å². The zero-order valence-corrected chi connectivity index (χ0v) is 17.9. The Hall–Kier alpha value is -2.97. The SMILES string of the molecule is CCc1ccc(C(=O)NC(=S)Nc2cc(C(=O)OC)ccc2N2CCOCC2)cc1. The molecule has 0 radical (unpaired) electrons. The standard InChI is InChI=1S/C22H25N3O4S/c1-3-15-4-6-16(7-5-15)20(26)24-22(30)23-18-14-17(21(27)28-2)8-9-19(18)25-10-12-29-13-11-25/h4-9,14H,3,10-13H2,1-2H3,(H2,23,24,26,30). The van der Waals surface area contributed by atoms with E-state index in [1.165, 1.54) is 7.11 Å². The lowest BCUT2D eigenvalue weighted by Gasteiger charge is -2.31. The van der Waals surface area contributed by atoms with Crippen LogP contribution in [0.25, 0.3) is 0 Å². The maximum Gasteiger partial charge on any atom is 0.337 e. The predicted molar refractivity (Wildman–Crippen MR) is 120 cm³/mol. The highest BCUT2D eigenvalue weighted by Gasteiger charge is 2.18. The molecular weight excluding hydrogens is 402 g/mol. The number of rotatable bonds is 5. The van der Waals surface area contributed by atoms with E-state index in [0.29, 0.717) is 30.0 Å². The predicted octanol–water partition coefficient (Wildman–Crippen LogP) is 3.00. The van der Waals surface area contributed by atoms with Crippen LogP contribution in [0.2, 0.25) is 0 Å². The highest BCUT2D eigenvalue weighted by atomic mass is 32.1. The molecule has 7 nitrogen and oxygen atoms in total. The molecular formula is C22H25N3O4S. The van der Waals surface area contributed by atoms with Crippen molar-refractivity contribution in [2.24, 2.45) is 0 Å². The lowest BCUT2D eigenvalue weighted by molar-refractivity contribution is 0.0600. The number of ether oxygens (including phenoxy) is 2. The molecule has 0 saturated carbocycles. The first kappa shape index (κ1) is 21.7. The Balaban J connectivity index is 1.77. The van der Waals surface area contributed by atoms with E-state index in [-0.39, 0.29) is 11.0 Å². The number of hydrogen-bond donors (Lipinski definition) is 2. The number of methoxy groups -OCH3 is 1. The largest absolute Gasteiger partial charge is 0.465 e. The fraction of sp³-hybridized carbons (Fsp3) is 0.318. The molecule has 8 heteroatoms. The van der Waals surface area contributed by atoms with Crippen LogP contribution >= 0.6 is 12.2 Å². The van der Waals surface area contributed by atoms with Gasteiger partial charge in [0, 0.05) is 18.7 Å². The number of carbonyl (C=O) groups excluding carboxylic acids is 2. The van der Waals surface area contributed by atoms with Gasteiger partial charge in [-0.15, -0.1) is 0 Å². The van der Waals surface area contributed by atoms with Crippen molar-refractivity contribution in [1.29, 1.82) is 0 Å². The normalized spacial score (nSPS) is 13.5. The van der Waals surface area contributed by atoms with Gasteiger partial charge in [-0.3, -0.25) is 10.1 Å². The topological polar surface area (TPSA) is 79.9 Å². The average molecular weight is 428 g/mol. The Morgan fingerprint density at radius 1 is 1.10 bits per heavy atom. The summed E-state index contributed by atoms with van der Waals surface area (Å²) in [5.41, 5.74) is 3.55. The second-order valence-corrected chi connectivity index (χ2v) is 7.19. The molecule has 1 aliphatic heterocycles. The quantitative estimate of drug-likeness (QED) is 0.561. The lowest BCUT2D eigenvalue weighted by atomic mass is 10.1. The van der Waals surface area contributed by atoms with Crippen molar-refractivity contribution in [3.63, 3.8) is 0 Å². The van der Waals surface area contributed by atoms with Gasteiger partial charge in [-0.05, 0) is 54.5 Å². The molecule has 0 atom stereocenters. The molecule has 0 aliphatic carbocycles. The molecule has 1 aliphatic rings. The van der Waals surface area contributed by atoms with Gasteiger partial charge in [0.1, 0.15) is 0 Å². The molecule has 1 heterocycles. The number of benzene rings is 2. The molecule has 30 heavy (non-hydrogen) atoms. The lowest BCUT2D eigenvalue weighted by Crippen LogP contribution is -2.38. The van der Waals surface area contributed by atoms with Gasteiger partial charge in [-0.2, -0.15) is 0 Å². The van der Waals surface area contributed by atoms with Gasteiger partial charge in [0.2, 0.25) is 0 Å². The van der Waals surface area contributed by atoms with Crippen LogP contribution in [0, 0.1) is 0 Å². The minimum Gasteiger partial charge on any atom is -0.465 e. The third kappa shape index (κ3) is 5.34. The molecule has 0 spiro atoms. The van der Waals surface area contributed by atoms with E-state index in [1.807, 2.05) is 18.2 Å². The van der Waals surface area contributed by atoms with Gasteiger partial charge in [0.05, 0.1) is 37.3 Å². The maximum atomic E-state index is 12.5. The smallest absolute Gasteiger partial charge is 0.337 e. The number of nitrogens with zero attached hydrogens (tertiary/aromatic N) is 1. The molecule has 3 rings (SSSR count).